The zero-order chi connectivity index (χ0) is 29.2. The molecular formula is C33H50O6. The first-order chi connectivity index (χ1) is 18.3. The van der Waals surface area contributed by atoms with Crippen molar-refractivity contribution in [3.8, 4) is 0 Å². The van der Waals surface area contributed by atoms with Crippen molar-refractivity contribution in [2.24, 2.45) is 23.2 Å². The molecule has 3 heterocycles. The van der Waals surface area contributed by atoms with Crippen molar-refractivity contribution in [1.82, 2.24) is 0 Å². The number of ether oxygens (including phenoxy) is 3. The summed E-state index contributed by atoms with van der Waals surface area (Å²) in [6.45, 7) is 18.3. The van der Waals surface area contributed by atoms with Crippen LogP contribution in [0.3, 0.4) is 0 Å². The summed E-state index contributed by atoms with van der Waals surface area (Å²) in [5.74, 6) is -0.312. The monoisotopic (exact) mass is 542 g/mol. The number of esters is 3. The highest BCUT2D eigenvalue weighted by Crippen LogP contribution is 2.56. The molecule has 0 bridgehead atoms. The molecule has 3 aliphatic heterocycles. The molecule has 218 valence electrons. The summed E-state index contributed by atoms with van der Waals surface area (Å²) in [7, 11) is 0. The van der Waals surface area contributed by atoms with Gasteiger partial charge in [-0.05, 0) is 103 Å². The lowest BCUT2D eigenvalue weighted by atomic mass is 9.55. The fourth-order valence-electron chi connectivity index (χ4n) is 7.06. The lowest BCUT2D eigenvalue weighted by molar-refractivity contribution is -0.198. The minimum absolute atomic E-state index is 0.0309. The maximum absolute atomic E-state index is 13.4. The number of hydrogen-bond donors (Lipinski definition) is 0. The highest BCUT2D eigenvalue weighted by molar-refractivity contribution is 5.90. The third kappa shape index (κ3) is 5.90. The predicted octanol–water partition coefficient (Wildman–Crippen LogP) is 7.77. The maximum atomic E-state index is 13.4. The Bertz CT molecular complexity index is 1070. The van der Waals surface area contributed by atoms with Crippen molar-refractivity contribution in [3.05, 3.63) is 34.6 Å². The van der Waals surface area contributed by atoms with Crippen LogP contribution in [0.25, 0.3) is 0 Å². The van der Waals surface area contributed by atoms with E-state index in [1.165, 1.54) is 0 Å². The zero-order valence-corrected chi connectivity index (χ0v) is 25.7. The Hall–Kier alpha value is -2.37. The van der Waals surface area contributed by atoms with Crippen molar-refractivity contribution in [3.63, 3.8) is 0 Å². The number of cyclic esters (lactones) is 3. The Morgan fingerprint density at radius 2 is 1.59 bits per heavy atom. The summed E-state index contributed by atoms with van der Waals surface area (Å²) in [4.78, 5) is 39.3. The van der Waals surface area contributed by atoms with E-state index >= 15 is 0 Å². The first-order valence-corrected chi connectivity index (χ1v) is 15.0. The van der Waals surface area contributed by atoms with Crippen LogP contribution in [0, 0.1) is 23.2 Å². The van der Waals surface area contributed by atoms with Crippen LogP contribution in [0.5, 0.6) is 0 Å². The third-order valence-electron chi connectivity index (χ3n) is 10.7. The molecule has 6 unspecified atom stereocenters. The number of carbonyl (C=O) groups excluding carboxylic acids is 3. The molecule has 0 aliphatic carbocycles. The molecule has 0 aromatic heterocycles. The zero-order valence-electron chi connectivity index (χ0n) is 25.7. The minimum atomic E-state index is -0.789. The van der Waals surface area contributed by atoms with E-state index in [1.54, 1.807) is 0 Å². The van der Waals surface area contributed by atoms with Gasteiger partial charge in [-0.3, -0.25) is 4.79 Å². The van der Waals surface area contributed by atoms with Gasteiger partial charge in [0.25, 0.3) is 0 Å². The fraction of sp³-hybridized carbons (Fsp3) is 0.727. The van der Waals surface area contributed by atoms with Gasteiger partial charge in [-0.2, -0.15) is 0 Å². The summed E-state index contributed by atoms with van der Waals surface area (Å²) in [6.07, 6.45) is 10.2. The molecule has 0 aromatic rings. The summed E-state index contributed by atoms with van der Waals surface area (Å²) < 4.78 is 18.3. The lowest BCUT2D eigenvalue weighted by Gasteiger charge is -2.55. The van der Waals surface area contributed by atoms with E-state index in [0.29, 0.717) is 37.7 Å². The van der Waals surface area contributed by atoms with E-state index in [2.05, 4.69) is 27.7 Å². The Kier molecular flexibility index (Phi) is 9.60. The van der Waals surface area contributed by atoms with Crippen LogP contribution in [0.15, 0.2) is 34.6 Å². The highest BCUT2D eigenvalue weighted by Gasteiger charge is 2.58. The molecule has 0 radical (unpaired) electrons. The van der Waals surface area contributed by atoms with Crippen molar-refractivity contribution >= 4 is 17.9 Å². The van der Waals surface area contributed by atoms with E-state index in [-0.39, 0.29) is 35.7 Å². The SMILES string of the molecule is C/C=C1\CCC(C)(C(CC)CC(C)(C(C)C2CC/C(=C(\C)CC)OC2=O)C2(C)CC/C(=C\C)C(=O)O2)OC1=O. The van der Waals surface area contributed by atoms with Gasteiger partial charge in [0.2, 0.25) is 0 Å². The maximum Gasteiger partial charge on any atom is 0.334 e. The topological polar surface area (TPSA) is 78.9 Å². The number of allylic oxidation sites excluding steroid dienone is 4. The molecule has 0 N–H and O–H groups in total. The minimum Gasteiger partial charge on any atom is -0.456 e. The van der Waals surface area contributed by atoms with Gasteiger partial charge in [0.15, 0.2) is 0 Å². The molecule has 0 amide bonds. The Labute approximate surface area is 235 Å². The Morgan fingerprint density at radius 1 is 1.00 bits per heavy atom. The molecule has 6 nitrogen and oxygen atoms in total. The molecule has 3 rings (SSSR count). The lowest BCUT2D eigenvalue weighted by Crippen LogP contribution is -2.58. The van der Waals surface area contributed by atoms with Crippen LogP contribution in [-0.2, 0) is 28.6 Å². The molecule has 39 heavy (non-hydrogen) atoms. The van der Waals surface area contributed by atoms with Crippen molar-refractivity contribution in [2.75, 3.05) is 0 Å². The Balaban J connectivity index is 2.00. The number of hydrogen-bond acceptors (Lipinski definition) is 6. The van der Waals surface area contributed by atoms with E-state index in [9.17, 15) is 14.4 Å². The van der Waals surface area contributed by atoms with Gasteiger partial charge in [0, 0.05) is 23.0 Å². The number of carbonyl (C=O) groups is 3. The molecule has 3 aliphatic rings. The standard InChI is InChI=1S/C33H50O6/c1-10-21(5)27-15-14-26(30(36)37-27)22(6)31(7,33(9)19-17-24(12-3)29(35)39-33)20-25(13-4)32(8)18-16-23(11-2)28(34)38-32/h11-12,22,25-26H,10,13-20H2,1-9H3/b23-11+,24-12+,27-21-. The van der Waals surface area contributed by atoms with Crippen LogP contribution >= 0.6 is 0 Å². The van der Waals surface area contributed by atoms with Gasteiger partial charge in [-0.1, -0.05) is 39.8 Å². The van der Waals surface area contributed by atoms with Crippen LogP contribution < -0.4 is 0 Å². The van der Waals surface area contributed by atoms with Gasteiger partial charge in [0.1, 0.15) is 17.0 Å². The second-order valence-electron chi connectivity index (χ2n) is 12.6. The first kappa shape index (κ1) is 31.2. The van der Waals surface area contributed by atoms with Crippen LogP contribution in [0.4, 0.5) is 0 Å². The van der Waals surface area contributed by atoms with Crippen molar-refractivity contribution < 1.29 is 28.6 Å². The highest BCUT2D eigenvalue weighted by atomic mass is 16.6. The van der Waals surface area contributed by atoms with Gasteiger partial charge in [-0.25, -0.2) is 9.59 Å². The molecule has 6 heteroatoms. The largest absolute Gasteiger partial charge is 0.456 e. The van der Waals surface area contributed by atoms with E-state index < -0.39 is 16.6 Å². The average molecular weight is 543 g/mol. The average Bonchev–Trinajstić information content (AvgIpc) is 2.90. The van der Waals surface area contributed by atoms with Gasteiger partial charge >= 0.3 is 17.9 Å². The van der Waals surface area contributed by atoms with Gasteiger partial charge in [-0.15, -0.1) is 0 Å². The smallest absolute Gasteiger partial charge is 0.334 e. The van der Waals surface area contributed by atoms with E-state index in [0.717, 1.165) is 42.6 Å². The quantitative estimate of drug-likeness (QED) is 0.177. The Morgan fingerprint density at radius 3 is 2.08 bits per heavy atom. The second kappa shape index (κ2) is 12.0. The molecule has 3 saturated heterocycles. The molecule has 0 aromatic carbocycles. The van der Waals surface area contributed by atoms with Crippen LogP contribution in [0.1, 0.15) is 120 Å². The molecular weight excluding hydrogens is 492 g/mol. The van der Waals surface area contributed by atoms with Gasteiger partial charge in [0.05, 0.1) is 5.92 Å². The first-order valence-electron chi connectivity index (χ1n) is 15.0. The van der Waals surface area contributed by atoms with E-state index in [4.69, 9.17) is 14.2 Å². The fourth-order valence-corrected chi connectivity index (χ4v) is 7.06. The summed E-state index contributed by atoms with van der Waals surface area (Å²) >= 11 is 0. The second-order valence-corrected chi connectivity index (χ2v) is 12.6. The van der Waals surface area contributed by atoms with Crippen LogP contribution in [-0.4, -0.2) is 29.1 Å². The third-order valence-corrected chi connectivity index (χ3v) is 10.7. The van der Waals surface area contributed by atoms with Crippen LogP contribution in [0.2, 0.25) is 0 Å². The normalized spacial score (nSPS) is 34.6. The summed E-state index contributed by atoms with van der Waals surface area (Å²) in [6, 6.07) is 0. The summed E-state index contributed by atoms with van der Waals surface area (Å²) in [5.41, 5.74) is 0.545. The molecule has 6 atom stereocenters. The summed E-state index contributed by atoms with van der Waals surface area (Å²) in [5, 5.41) is 0. The van der Waals surface area contributed by atoms with Crippen molar-refractivity contribution in [2.45, 2.75) is 131 Å². The van der Waals surface area contributed by atoms with Crippen molar-refractivity contribution in [1.29, 1.82) is 0 Å². The van der Waals surface area contributed by atoms with Gasteiger partial charge < -0.3 is 14.2 Å². The molecule has 3 fully saturated rings. The van der Waals surface area contributed by atoms with E-state index in [1.807, 2.05) is 46.8 Å². The molecule has 0 spiro atoms. The molecule has 0 saturated carbocycles. The number of rotatable bonds is 8. The predicted molar refractivity (Wildman–Crippen MR) is 152 cm³/mol.